The van der Waals surface area contributed by atoms with Crippen molar-refractivity contribution in [1.82, 2.24) is 9.97 Å². The number of methoxy groups -OCH3 is 1. The number of thioether (sulfide) groups is 1. The molecule has 0 aliphatic heterocycles. The molecule has 7 heteroatoms. The van der Waals surface area contributed by atoms with Crippen molar-refractivity contribution in [3.05, 3.63) is 6.07 Å². The predicted octanol–water partition coefficient (Wildman–Crippen LogP) is 1.21. The number of hydrogen-bond acceptors (Lipinski definition) is 7. The molecule has 1 aromatic heterocycles. The lowest BCUT2D eigenvalue weighted by Gasteiger charge is -2.13. The smallest absolute Gasteiger partial charge is 0.328 e. The van der Waals surface area contributed by atoms with Crippen molar-refractivity contribution in [2.24, 2.45) is 0 Å². The maximum Gasteiger partial charge on any atom is 0.328 e. The highest BCUT2D eigenvalue weighted by molar-refractivity contribution is 7.98. The molecule has 1 aromatic rings. The summed E-state index contributed by atoms with van der Waals surface area (Å²) in [5.74, 6) is 0.954. The van der Waals surface area contributed by atoms with Crippen LogP contribution in [0.1, 0.15) is 6.92 Å². The Morgan fingerprint density at radius 1 is 1.47 bits per heavy atom. The van der Waals surface area contributed by atoms with Crippen molar-refractivity contribution in [2.75, 3.05) is 31.0 Å². The first-order chi connectivity index (χ1) is 8.10. The Hall–Kier alpha value is -1.50. The molecule has 17 heavy (non-hydrogen) atoms. The summed E-state index contributed by atoms with van der Waals surface area (Å²) in [6.07, 6.45) is 1.89. The highest BCUT2D eigenvalue weighted by atomic mass is 32.2. The average Bonchev–Trinajstić information content (AvgIpc) is 2.36. The Balaban J connectivity index is 2.86. The van der Waals surface area contributed by atoms with Crippen LogP contribution < -0.4 is 10.6 Å². The van der Waals surface area contributed by atoms with Gasteiger partial charge in [0.05, 0.1) is 7.11 Å². The van der Waals surface area contributed by atoms with E-state index < -0.39 is 6.04 Å². The first-order valence-electron chi connectivity index (χ1n) is 5.06. The van der Waals surface area contributed by atoms with Gasteiger partial charge in [-0.15, -0.1) is 0 Å². The molecule has 0 bridgehead atoms. The zero-order valence-electron chi connectivity index (χ0n) is 10.3. The molecule has 0 spiro atoms. The number of carbonyl (C=O) groups excluding carboxylic acids is 1. The number of hydrogen-bond donors (Lipinski definition) is 2. The van der Waals surface area contributed by atoms with E-state index in [0.29, 0.717) is 16.8 Å². The molecule has 6 nitrogen and oxygen atoms in total. The van der Waals surface area contributed by atoms with Gasteiger partial charge < -0.3 is 15.4 Å². The van der Waals surface area contributed by atoms with Crippen LogP contribution in [0.2, 0.25) is 0 Å². The molecule has 1 atom stereocenters. The fourth-order valence-corrected chi connectivity index (χ4v) is 1.56. The Labute approximate surface area is 105 Å². The van der Waals surface area contributed by atoms with E-state index in [2.05, 4.69) is 25.3 Å². The lowest BCUT2D eigenvalue weighted by atomic mass is 10.3. The van der Waals surface area contributed by atoms with Gasteiger partial charge in [0.15, 0.2) is 5.16 Å². The molecule has 0 saturated carbocycles. The molecule has 1 rings (SSSR count). The zero-order valence-corrected chi connectivity index (χ0v) is 11.1. The van der Waals surface area contributed by atoms with E-state index in [0.717, 1.165) is 0 Å². The second-order valence-corrected chi connectivity index (χ2v) is 4.04. The van der Waals surface area contributed by atoms with Crippen LogP contribution in [0, 0.1) is 0 Å². The normalized spacial score (nSPS) is 11.8. The minimum Gasteiger partial charge on any atom is -0.467 e. The fourth-order valence-electron chi connectivity index (χ4n) is 1.18. The van der Waals surface area contributed by atoms with Gasteiger partial charge >= 0.3 is 5.97 Å². The largest absolute Gasteiger partial charge is 0.467 e. The van der Waals surface area contributed by atoms with Crippen LogP contribution in [0.5, 0.6) is 0 Å². The summed E-state index contributed by atoms with van der Waals surface area (Å²) in [4.78, 5) is 19.8. The summed E-state index contributed by atoms with van der Waals surface area (Å²) in [6.45, 7) is 1.71. The van der Waals surface area contributed by atoms with Crippen molar-refractivity contribution < 1.29 is 9.53 Å². The molecule has 0 radical (unpaired) electrons. The van der Waals surface area contributed by atoms with Gasteiger partial charge in [-0.1, -0.05) is 11.8 Å². The molecular weight excluding hydrogens is 240 g/mol. The lowest BCUT2D eigenvalue weighted by Crippen LogP contribution is -2.27. The third-order valence-corrected chi connectivity index (χ3v) is 2.61. The Morgan fingerprint density at radius 3 is 2.65 bits per heavy atom. The molecule has 0 aliphatic carbocycles. The molecule has 0 aliphatic rings. The van der Waals surface area contributed by atoms with E-state index in [4.69, 9.17) is 0 Å². The van der Waals surface area contributed by atoms with Gasteiger partial charge in [-0.05, 0) is 13.2 Å². The van der Waals surface area contributed by atoms with Gasteiger partial charge in [-0.25, -0.2) is 14.8 Å². The number of aromatic nitrogens is 2. The molecule has 94 valence electrons. The van der Waals surface area contributed by atoms with E-state index in [-0.39, 0.29) is 5.97 Å². The molecule has 0 saturated heterocycles. The molecule has 0 fully saturated rings. The Bertz CT molecular complexity index is 378. The third-order valence-electron chi connectivity index (χ3n) is 2.06. The van der Waals surface area contributed by atoms with Gasteiger partial charge in [0.1, 0.15) is 17.7 Å². The SMILES string of the molecule is CNc1cc(NC(C)C(=O)OC)nc(SC)n1. The zero-order chi connectivity index (χ0) is 12.8. The summed E-state index contributed by atoms with van der Waals surface area (Å²) >= 11 is 1.44. The summed E-state index contributed by atoms with van der Waals surface area (Å²) in [6, 6.07) is 1.29. The first-order valence-corrected chi connectivity index (χ1v) is 6.28. The van der Waals surface area contributed by atoms with Crippen molar-refractivity contribution in [3.63, 3.8) is 0 Å². The van der Waals surface area contributed by atoms with Crippen molar-refractivity contribution in [2.45, 2.75) is 18.1 Å². The van der Waals surface area contributed by atoms with Gasteiger partial charge in [0.2, 0.25) is 0 Å². The number of anilines is 2. The highest BCUT2D eigenvalue weighted by Gasteiger charge is 2.14. The lowest BCUT2D eigenvalue weighted by molar-refractivity contribution is -0.141. The van der Waals surface area contributed by atoms with Crippen molar-refractivity contribution >= 4 is 29.4 Å². The minimum absolute atomic E-state index is 0.333. The number of ether oxygens (including phenoxy) is 1. The van der Waals surface area contributed by atoms with Gasteiger partial charge in [0, 0.05) is 13.1 Å². The summed E-state index contributed by atoms with van der Waals surface area (Å²) in [5, 5.41) is 6.54. The second-order valence-electron chi connectivity index (χ2n) is 3.26. The van der Waals surface area contributed by atoms with E-state index in [1.165, 1.54) is 18.9 Å². The Morgan fingerprint density at radius 2 is 2.12 bits per heavy atom. The number of rotatable bonds is 5. The van der Waals surface area contributed by atoms with Crippen LogP contribution in [-0.4, -0.2) is 42.4 Å². The summed E-state index contributed by atoms with van der Waals surface area (Å²) in [7, 11) is 3.13. The number of esters is 1. The van der Waals surface area contributed by atoms with Gasteiger partial charge in [-0.3, -0.25) is 0 Å². The van der Waals surface area contributed by atoms with E-state index in [1.54, 1.807) is 20.0 Å². The summed E-state index contributed by atoms with van der Waals surface area (Å²) in [5.41, 5.74) is 0. The Kier molecular flexibility index (Phi) is 5.02. The topological polar surface area (TPSA) is 76.1 Å². The monoisotopic (exact) mass is 256 g/mol. The quantitative estimate of drug-likeness (QED) is 0.466. The van der Waals surface area contributed by atoms with Gasteiger partial charge in [0.25, 0.3) is 0 Å². The number of nitrogens with zero attached hydrogens (tertiary/aromatic N) is 2. The van der Waals surface area contributed by atoms with Crippen molar-refractivity contribution in [3.8, 4) is 0 Å². The fraction of sp³-hybridized carbons (Fsp3) is 0.500. The molecule has 0 aromatic carbocycles. The van der Waals surface area contributed by atoms with Crippen LogP contribution in [0.15, 0.2) is 11.2 Å². The highest BCUT2D eigenvalue weighted by Crippen LogP contribution is 2.17. The molecule has 1 heterocycles. The van der Waals surface area contributed by atoms with E-state index in [9.17, 15) is 4.79 Å². The maximum atomic E-state index is 11.3. The number of nitrogens with one attached hydrogen (secondary N) is 2. The third kappa shape index (κ3) is 3.77. The maximum absolute atomic E-state index is 11.3. The van der Waals surface area contributed by atoms with E-state index >= 15 is 0 Å². The average molecular weight is 256 g/mol. The molecule has 0 amide bonds. The van der Waals surface area contributed by atoms with Crippen LogP contribution in [-0.2, 0) is 9.53 Å². The van der Waals surface area contributed by atoms with Gasteiger partial charge in [-0.2, -0.15) is 0 Å². The molecule has 1 unspecified atom stereocenters. The van der Waals surface area contributed by atoms with Crippen LogP contribution in [0.3, 0.4) is 0 Å². The van der Waals surface area contributed by atoms with Crippen molar-refractivity contribution in [1.29, 1.82) is 0 Å². The molecule has 2 N–H and O–H groups in total. The van der Waals surface area contributed by atoms with E-state index in [1.807, 2.05) is 6.26 Å². The van der Waals surface area contributed by atoms with Crippen LogP contribution in [0.4, 0.5) is 11.6 Å². The minimum atomic E-state index is -0.450. The van der Waals surface area contributed by atoms with Crippen LogP contribution >= 0.6 is 11.8 Å². The second kappa shape index (κ2) is 6.29. The predicted molar refractivity (Wildman–Crippen MR) is 68.5 cm³/mol. The molecular formula is C10H16N4O2S. The number of carbonyl (C=O) groups is 1. The standard InChI is InChI=1S/C10H16N4O2S/c1-6(9(15)16-3)12-8-5-7(11-2)13-10(14-8)17-4/h5-6H,1-4H3,(H2,11,12,13,14). The first kappa shape index (κ1) is 13.6. The van der Waals surface area contributed by atoms with Crippen LogP contribution in [0.25, 0.3) is 0 Å². The summed E-state index contributed by atoms with van der Waals surface area (Å²) < 4.78 is 4.63.